The summed E-state index contributed by atoms with van der Waals surface area (Å²) in [5.74, 6) is 1.11. The van der Waals surface area contributed by atoms with Crippen LogP contribution in [0.15, 0.2) is 22.1 Å². The lowest BCUT2D eigenvalue weighted by atomic mass is 10.2. The fraction of sp³-hybridized carbons (Fsp3) is 0.429. The number of carbonyl (C=O) groups excluding carboxylic acids is 1. The molecule has 1 amide bonds. The Morgan fingerprint density at radius 1 is 1.12 bits per heavy atom. The molecule has 0 atom stereocenters. The van der Waals surface area contributed by atoms with Crippen LogP contribution in [0.25, 0.3) is 10.3 Å². The van der Waals surface area contributed by atoms with E-state index in [4.69, 9.17) is 14.2 Å². The fourth-order valence-corrected chi connectivity index (χ4v) is 5.37. The zero-order valence-electron chi connectivity index (χ0n) is 18.8. The summed E-state index contributed by atoms with van der Waals surface area (Å²) in [5.41, 5.74) is 0.773. The average molecular weight is 492 g/mol. The molecule has 0 saturated carbocycles. The molecule has 33 heavy (non-hydrogen) atoms. The van der Waals surface area contributed by atoms with E-state index in [1.807, 2.05) is 0 Å². The lowest BCUT2D eigenvalue weighted by Gasteiger charge is -2.14. The number of thioether (sulfide) groups is 1. The zero-order valence-corrected chi connectivity index (χ0v) is 20.5. The number of hydrogen-bond acceptors (Lipinski definition) is 10. The van der Waals surface area contributed by atoms with E-state index < -0.39 is 0 Å². The molecule has 1 aromatic carbocycles. The number of carbonyl (C=O) groups is 1. The number of nitrogens with one attached hydrogen (secondary N) is 1. The first-order valence-electron chi connectivity index (χ1n) is 10.3. The topological polar surface area (TPSA) is 108 Å². The Kier molecular flexibility index (Phi) is 6.94. The van der Waals surface area contributed by atoms with Crippen molar-refractivity contribution >= 4 is 50.2 Å². The third kappa shape index (κ3) is 4.71. The number of rotatable bonds is 8. The van der Waals surface area contributed by atoms with Crippen LogP contribution >= 0.6 is 23.1 Å². The van der Waals surface area contributed by atoms with Gasteiger partial charge in [-0.1, -0.05) is 23.1 Å². The Morgan fingerprint density at radius 3 is 2.39 bits per heavy atom. The Labute approximate surface area is 198 Å². The second-order valence-electron chi connectivity index (χ2n) is 7.35. The molecule has 3 heterocycles. The van der Waals surface area contributed by atoms with E-state index in [1.165, 1.54) is 49.0 Å². The molecular weight excluding hydrogens is 466 g/mol. The van der Waals surface area contributed by atoms with E-state index >= 15 is 0 Å². The summed E-state index contributed by atoms with van der Waals surface area (Å²) < 4.78 is 17.9. The number of anilines is 2. The molecule has 3 aromatic rings. The van der Waals surface area contributed by atoms with Gasteiger partial charge in [0.15, 0.2) is 27.4 Å². The van der Waals surface area contributed by atoms with Gasteiger partial charge >= 0.3 is 0 Å². The van der Waals surface area contributed by atoms with Crippen LogP contribution in [0.5, 0.6) is 17.2 Å². The molecule has 1 aliphatic heterocycles. The lowest BCUT2D eigenvalue weighted by molar-refractivity contribution is -0.113. The van der Waals surface area contributed by atoms with Crippen LogP contribution in [-0.4, -0.2) is 60.6 Å². The van der Waals surface area contributed by atoms with Gasteiger partial charge in [-0.25, -0.2) is 4.98 Å². The van der Waals surface area contributed by atoms with Crippen molar-refractivity contribution in [2.75, 3.05) is 50.4 Å². The monoisotopic (exact) mass is 491 g/mol. The van der Waals surface area contributed by atoms with Gasteiger partial charge in [-0.05, 0) is 12.8 Å². The van der Waals surface area contributed by atoms with Crippen LogP contribution < -0.4 is 30.0 Å². The van der Waals surface area contributed by atoms with E-state index in [0.29, 0.717) is 38.4 Å². The number of hydrogen-bond donors (Lipinski definition) is 1. The molecule has 1 fully saturated rings. The van der Waals surface area contributed by atoms with E-state index in [9.17, 15) is 9.59 Å². The third-order valence-corrected chi connectivity index (χ3v) is 7.37. The van der Waals surface area contributed by atoms with Gasteiger partial charge in [0.25, 0.3) is 5.56 Å². The van der Waals surface area contributed by atoms with E-state index in [1.54, 1.807) is 19.2 Å². The quantitative estimate of drug-likeness (QED) is 0.376. The van der Waals surface area contributed by atoms with Gasteiger partial charge in [-0.15, -0.1) is 0 Å². The molecule has 0 unspecified atom stereocenters. The van der Waals surface area contributed by atoms with Crippen molar-refractivity contribution in [1.82, 2.24) is 14.5 Å². The van der Waals surface area contributed by atoms with Crippen LogP contribution in [0.3, 0.4) is 0 Å². The summed E-state index contributed by atoms with van der Waals surface area (Å²) in [5, 5.41) is 4.08. The molecule has 2 aromatic heterocycles. The zero-order chi connectivity index (χ0) is 23.5. The van der Waals surface area contributed by atoms with Gasteiger partial charge in [0.05, 0.1) is 27.1 Å². The van der Waals surface area contributed by atoms with Gasteiger partial charge in [0.1, 0.15) is 4.70 Å². The Balaban J connectivity index is 1.49. The average Bonchev–Trinajstić information content (AvgIpc) is 3.49. The number of benzene rings is 1. The van der Waals surface area contributed by atoms with Crippen LogP contribution in [0.1, 0.15) is 12.8 Å². The van der Waals surface area contributed by atoms with Crippen molar-refractivity contribution in [3.05, 3.63) is 22.5 Å². The van der Waals surface area contributed by atoms with Crippen molar-refractivity contribution in [3.8, 4) is 17.2 Å². The Bertz CT molecular complexity index is 1210. The van der Waals surface area contributed by atoms with Crippen LogP contribution in [-0.2, 0) is 11.8 Å². The molecule has 176 valence electrons. The van der Waals surface area contributed by atoms with Crippen molar-refractivity contribution in [1.29, 1.82) is 0 Å². The Morgan fingerprint density at radius 2 is 1.79 bits per heavy atom. The number of fused-ring (bicyclic) bond motifs is 1. The van der Waals surface area contributed by atoms with Crippen molar-refractivity contribution in [2.45, 2.75) is 18.0 Å². The summed E-state index contributed by atoms with van der Waals surface area (Å²) in [4.78, 5) is 36.7. The van der Waals surface area contributed by atoms with Gasteiger partial charge in [0, 0.05) is 38.0 Å². The van der Waals surface area contributed by atoms with Crippen molar-refractivity contribution < 1.29 is 19.0 Å². The van der Waals surface area contributed by atoms with E-state index in [0.717, 1.165) is 31.1 Å². The molecule has 1 N–H and O–H groups in total. The van der Waals surface area contributed by atoms with Crippen LogP contribution in [0, 0.1) is 0 Å². The van der Waals surface area contributed by atoms with Crippen LogP contribution in [0.2, 0.25) is 0 Å². The van der Waals surface area contributed by atoms with Gasteiger partial charge in [-0.3, -0.25) is 14.2 Å². The molecular formula is C21H25N5O5S2. The predicted octanol–water partition coefficient (Wildman–Crippen LogP) is 2.75. The number of nitrogens with zero attached hydrogens (tertiary/aromatic N) is 4. The Hall–Kier alpha value is -2.99. The summed E-state index contributed by atoms with van der Waals surface area (Å²) >= 11 is 2.55. The highest BCUT2D eigenvalue weighted by molar-refractivity contribution is 7.99. The van der Waals surface area contributed by atoms with Crippen molar-refractivity contribution in [3.63, 3.8) is 0 Å². The summed E-state index contributed by atoms with van der Waals surface area (Å²) in [6, 6.07) is 3.30. The highest BCUT2D eigenvalue weighted by Gasteiger charge is 2.20. The highest BCUT2D eigenvalue weighted by atomic mass is 32.2. The summed E-state index contributed by atoms with van der Waals surface area (Å²) in [6.45, 7) is 1.89. The highest BCUT2D eigenvalue weighted by Crippen LogP contribution is 2.40. The van der Waals surface area contributed by atoms with E-state index in [-0.39, 0.29) is 17.2 Å². The fourth-order valence-electron chi connectivity index (χ4n) is 3.57. The maximum atomic E-state index is 12.8. The SMILES string of the molecule is COc1cc(NC(=O)CSc2nc3nc(N4CCCC4)sc3c(=O)n2C)cc(OC)c1OC. The minimum absolute atomic E-state index is 0.0611. The minimum atomic E-state index is -0.264. The number of ether oxygens (including phenoxy) is 3. The van der Waals surface area contributed by atoms with Gasteiger partial charge in [0.2, 0.25) is 11.7 Å². The van der Waals surface area contributed by atoms with Gasteiger partial charge < -0.3 is 24.4 Å². The summed E-state index contributed by atoms with van der Waals surface area (Å²) in [6.07, 6.45) is 2.26. The third-order valence-electron chi connectivity index (χ3n) is 5.24. The smallest absolute Gasteiger partial charge is 0.273 e. The molecule has 10 nitrogen and oxygen atoms in total. The second kappa shape index (κ2) is 9.87. The molecule has 1 aliphatic rings. The molecule has 12 heteroatoms. The maximum absolute atomic E-state index is 12.8. The number of methoxy groups -OCH3 is 3. The standard InChI is InChI=1S/C21H25N5O5S2/c1-25-19(28)17-18(24-21(33-17)26-7-5-6-8-26)23-20(25)32-11-15(27)22-12-9-13(29-2)16(31-4)14(10-12)30-3/h9-10H,5-8,11H2,1-4H3,(H,22,27). The second-order valence-corrected chi connectivity index (χ2v) is 9.27. The molecule has 0 radical (unpaired) electrons. The predicted molar refractivity (Wildman–Crippen MR) is 130 cm³/mol. The number of aromatic nitrogens is 3. The van der Waals surface area contributed by atoms with Gasteiger partial charge in [-0.2, -0.15) is 4.98 Å². The molecule has 0 bridgehead atoms. The first-order valence-corrected chi connectivity index (χ1v) is 12.1. The largest absolute Gasteiger partial charge is 0.493 e. The lowest BCUT2D eigenvalue weighted by Crippen LogP contribution is -2.20. The molecule has 0 spiro atoms. The maximum Gasteiger partial charge on any atom is 0.273 e. The van der Waals surface area contributed by atoms with Crippen LogP contribution in [0.4, 0.5) is 10.8 Å². The minimum Gasteiger partial charge on any atom is -0.493 e. The number of thiazole rings is 1. The molecule has 4 rings (SSSR count). The first kappa shape index (κ1) is 23.2. The van der Waals surface area contributed by atoms with Crippen molar-refractivity contribution in [2.24, 2.45) is 7.05 Å². The normalized spacial score (nSPS) is 13.4. The van der Waals surface area contributed by atoms with E-state index in [2.05, 4.69) is 20.2 Å². The molecule has 0 aliphatic carbocycles. The number of amides is 1. The first-order chi connectivity index (χ1) is 15.9. The summed E-state index contributed by atoms with van der Waals surface area (Å²) in [7, 11) is 6.19. The molecule has 1 saturated heterocycles.